The van der Waals surface area contributed by atoms with E-state index in [1.807, 2.05) is 6.33 Å². The van der Waals surface area contributed by atoms with Gasteiger partial charge in [0.25, 0.3) is 0 Å². The number of imidazole rings is 1. The number of benzene rings is 1. The van der Waals surface area contributed by atoms with Crippen LogP contribution in [0, 0.1) is 13.8 Å². The van der Waals surface area contributed by atoms with Crippen LogP contribution in [-0.4, -0.2) is 15.6 Å². The molecule has 0 spiro atoms. The average molecular weight is 231 g/mol. The molecule has 0 amide bonds. The first-order chi connectivity index (χ1) is 8.04. The van der Waals surface area contributed by atoms with Gasteiger partial charge in [0, 0.05) is 12.1 Å². The van der Waals surface area contributed by atoms with Crippen molar-refractivity contribution in [3.63, 3.8) is 0 Å². The summed E-state index contributed by atoms with van der Waals surface area (Å²) in [6, 6.07) is 4.81. The van der Waals surface area contributed by atoms with Crippen LogP contribution in [0.5, 0.6) is 0 Å². The summed E-state index contributed by atoms with van der Waals surface area (Å²) in [4.78, 5) is 4.47. The van der Waals surface area contributed by atoms with Gasteiger partial charge in [0.15, 0.2) is 0 Å². The minimum Gasteiger partial charge on any atom is -0.326 e. The van der Waals surface area contributed by atoms with Gasteiger partial charge < -0.3 is 10.3 Å². The first kappa shape index (κ1) is 12.1. The Balaban J connectivity index is 2.52. The van der Waals surface area contributed by atoms with Crippen molar-refractivity contribution in [1.29, 1.82) is 0 Å². The van der Waals surface area contributed by atoms with E-state index in [9.17, 15) is 0 Å². The highest BCUT2D eigenvalue weighted by Gasteiger charge is 2.15. The molecule has 0 radical (unpaired) electrons. The fourth-order valence-electron chi connectivity index (χ4n) is 2.15. The van der Waals surface area contributed by atoms with Gasteiger partial charge in [0.05, 0.1) is 17.4 Å². The second-order valence-corrected chi connectivity index (χ2v) is 4.89. The highest BCUT2D eigenvalue weighted by molar-refractivity contribution is 5.77. The van der Waals surface area contributed by atoms with Gasteiger partial charge in [-0.2, -0.15) is 0 Å². The zero-order valence-corrected chi connectivity index (χ0v) is 11.1. The number of fused-ring (bicyclic) bond motifs is 1. The summed E-state index contributed by atoms with van der Waals surface area (Å²) < 4.78 is 2.19. The van der Waals surface area contributed by atoms with E-state index in [-0.39, 0.29) is 12.1 Å². The Morgan fingerprint density at radius 1 is 1.29 bits per heavy atom. The molecule has 3 heteroatoms. The maximum atomic E-state index is 6.12. The van der Waals surface area contributed by atoms with Crippen LogP contribution < -0.4 is 5.73 Å². The van der Waals surface area contributed by atoms with Crippen LogP contribution in [0.1, 0.15) is 37.4 Å². The molecule has 1 aromatic heterocycles. The van der Waals surface area contributed by atoms with Crippen molar-refractivity contribution in [2.24, 2.45) is 5.73 Å². The third kappa shape index (κ3) is 2.07. The quantitative estimate of drug-likeness (QED) is 0.882. The molecule has 0 bridgehead atoms. The minimum atomic E-state index is 0.175. The lowest BCUT2D eigenvalue weighted by Gasteiger charge is -2.20. The molecule has 92 valence electrons. The largest absolute Gasteiger partial charge is 0.326 e. The zero-order valence-electron chi connectivity index (χ0n) is 11.1. The molecule has 2 unspecified atom stereocenters. The molecule has 0 aliphatic heterocycles. The van der Waals surface area contributed by atoms with Crippen molar-refractivity contribution >= 4 is 11.0 Å². The van der Waals surface area contributed by atoms with Crippen molar-refractivity contribution in [2.45, 2.75) is 46.2 Å². The molecule has 0 saturated carbocycles. The molecule has 0 aliphatic rings. The maximum Gasteiger partial charge on any atom is 0.0961 e. The highest BCUT2D eigenvalue weighted by Crippen LogP contribution is 2.23. The Kier molecular flexibility index (Phi) is 3.20. The normalized spacial score (nSPS) is 15.1. The molecule has 2 N–H and O–H groups in total. The molecule has 2 atom stereocenters. The Morgan fingerprint density at radius 3 is 2.59 bits per heavy atom. The summed E-state index contributed by atoms with van der Waals surface area (Å²) in [5, 5.41) is 0. The lowest BCUT2D eigenvalue weighted by Crippen LogP contribution is -2.29. The standard InChI is InChI=1S/C14H21N3/c1-5-12(15)11(4)17-8-16-13-6-9(2)10(3)7-14(13)17/h6-8,11-12H,5,15H2,1-4H3. The fourth-order valence-corrected chi connectivity index (χ4v) is 2.15. The average Bonchev–Trinajstić information content (AvgIpc) is 2.70. The van der Waals surface area contributed by atoms with Crippen molar-refractivity contribution in [2.75, 3.05) is 0 Å². The van der Waals surface area contributed by atoms with Crippen LogP contribution in [0.3, 0.4) is 0 Å². The molecule has 3 nitrogen and oxygen atoms in total. The van der Waals surface area contributed by atoms with E-state index < -0.39 is 0 Å². The smallest absolute Gasteiger partial charge is 0.0961 e. The minimum absolute atomic E-state index is 0.175. The molecule has 2 rings (SSSR count). The molecule has 0 aliphatic carbocycles. The van der Waals surface area contributed by atoms with Crippen LogP contribution in [0.4, 0.5) is 0 Å². The van der Waals surface area contributed by atoms with Crippen LogP contribution in [0.25, 0.3) is 11.0 Å². The van der Waals surface area contributed by atoms with E-state index in [0.29, 0.717) is 0 Å². The first-order valence-electron chi connectivity index (χ1n) is 6.24. The van der Waals surface area contributed by atoms with Gasteiger partial charge in [-0.15, -0.1) is 0 Å². The highest BCUT2D eigenvalue weighted by atomic mass is 15.1. The number of rotatable bonds is 3. The maximum absolute atomic E-state index is 6.12. The summed E-state index contributed by atoms with van der Waals surface area (Å²) in [5.41, 5.74) is 11.0. The predicted octanol–water partition coefficient (Wildman–Crippen LogP) is 2.95. The molecular weight excluding hydrogens is 210 g/mol. The van der Waals surface area contributed by atoms with Gasteiger partial charge in [-0.05, 0) is 50.5 Å². The summed E-state index contributed by atoms with van der Waals surface area (Å²) in [6.45, 7) is 8.53. The Bertz CT molecular complexity index is 527. The monoisotopic (exact) mass is 231 g/mol. The number of hydrogen-bond acceptors (Lipinski definition) is 2. The van der Waals surface area contributed by atoms with Crippen LogP contribution in [0.2, 0.25) is 0 Å². The number of aromatic nitrogens is 2. The Hall–Kier alpha value is -1.35. The third-order valence-electron chi connectivity index (χ3n) is 3.72. The fraction of sp³-hybridized carbons (Fsp3) is 0.500. The molecule has 17 heavy (non-hydrogen) atoms. The Labute approximate surface area is 103 Å². The number of aryl methyl sites for hydroxylation is 2. The van der Waals surface area contributed by atoms with Crippen LogP contribution in [-0.2, 0) is 0 Å². The second-order valence-electron chi connectivity index (χ2n) is 4.89. The van der Waals surface area contributed by atoms with Gasteiger partial charge in [0.1, 0.15) is 0 Å². The molecule has 2 aromatic rings. The van der Waals surface area contributed by atoms with Crippen molar-refractivity contribution in [3.8, 4) is 0 Å². The predicted molar refractivity (Wildman–Crippen MR) is 72.2 cm³/mol. The second kappa shape index (κ2) is 4.49. The van der Waals surface area contributed by atoms with Gasteiger partial charge in [-0.3, -0.25) is 0 Å². The van der Waals surface area contributed by atoms with Crippen molar-refractivity contribution in [3.05, 3.63) is 29.6 Å². The molecular formula is C14H21N3. The number of nitrogens with zero attached hydrogens (tertiary/aromatic N) is 2. The summed E-state index contributed by atoms with van der Waals surface area (Å²) in [7, 11) is 0. The molecule has 1 aromatic carbocycles. The Morgan fingerprint density at radius 2 is 1.94 bits per heavy atom. The first-order valence-corrected chi connectivity index (χ1v) is 6.24. The summed E-state index contributed by atoms with van der Waals surface area (Å²) in [6.07, 6.45) is 2.88. The molecule has 0 fully saturated rings. The molecule has 1 heterocycles. The zero-order chi connectivity index (χ0) is 12.6. The molecule has 0 saturated heterocycles. The van der Waals surface area contributed by atoms with E-state index in [0.717, 1.165) is 11.9 Å². The SMILES string of the molecule is CCC(N)C(C)n1cnc2cc(C)c(C)cc21. The third-order valence-corrected chi connectivity index (χ3v) is 3.72. The van der Waals surface area contributed by atoms with Crippen LogP contribution in [0.15, 0.2) is 18.5 Å². The number of nitrogens with two attached hydrogens (primary N) is 1. The summed E-state index contributed by atoms with van der Waals surface area (Å²) in [5.74, 6) is 0. The van der Waals surface area contributed by atoms with E-state index >= 15 is 0 Å². The van der Waals surface area contributed by atoms with E-state index in [1.165, 1.54) is 16.6 Å². The topological polar surface area (TPSA) is 43.8 Å². The summed E-state index contributed by atoms with van der Waals surface area (Å²) >= 11 is 0. The van der Waals surface area contributed by atoms with Crippen LogP contribution >= 0.6 is 0 Å². The van der Waals surface area contributed by atoms with Crippen molar-refractivity contribution in [1.82, 2.24) is 9.55 Å². The van der Waals surface area contributed by atoms with Gasteiger partial charge in [-0.1, -0.05) is 6.92 Å². The van der Waals surface area contributed by atoms with Gasteiger partial charge in [0.2, 0.25) is 0 Å². The van der Waals surface area contributed by atoms with Gasteiger partial charge >= 0.3 is 0 Å². The van der Waals surface area contributed by atoms with Gasteiger partial charge in [-0.25, -0.2) is 4.98 Å². The van der Waals surface area contributed by atoms with E-state index in [4.69, 9.17) is 5.73 Å². The lowest BCUT2D eigenvalue weighted by molar-refractivity contribution is 0.440. The van der Waals surface area contributed by atoms with E-state index in [1.54, 1.807) is 0 Å². The lowest BCUT2D eigenvalue weighted by atomic mass is 10.1. The number of hydrogen-bond donors (Lipinski definition) is 1. The van der Waals surface area contributed by atoms with Crippen molar-refractivity contribution < 1.29 is 0 Å². The van der Waals surface area contributed by atoms with E-state index in [2.05, 4.69) is 49.4 Å².